The van der Waals surface area contributed by atoms with Gasteiger partial charge in [0.15, 0.2) is 0 Å². The van der Waals surface area contributed by atoms with Crippen LogP contribution in [-0.4, -0.2) is 5.91 Å². The normalized spacial score (nSPS) is 13.0. The van der Waals surface area contributed by atoms with Crippen molar-refractivity contribution in [1.29, 1.82) is 5.26 Å². The maximum absolute atomic E-state index is 13.2. The third-order valence-corrected chi connectivity index (χ3v) is 3.23. The second kappa shape index (κ2) is 6.67. The van der Waals surface area contributed by atoms with Gasteiger partial charge in [-0.3, -0.25) is 4.79 Å². The van der Waals surface area contributed by atoms with Gasteiger partial charge in [0.05, 0.1) is 12.1 Å². The number of hydrogen-bond acceptors (Lipinski definition) is 2. The number of halogens is 1. The summed E-state index contributed by atoms with van der Waals surface area (Å²) in [6.07, 6.45) is 0. The maximum Gasteiger partial charge on any atom is 0.242 e. The molecule has 0 fully saturated rings. The summed E-state index contributed by atoms with van der Waals surface area (Å²) in [5, 5.41) is 12.0. The highest BCUT2D eigenvalue weighted by molar-refractivity contribution is 5.86. The first-order valence-corrected chi connectivity index (χ1v) is 6.62. The van der Waals surface area contributed by atoms with E-state index in [0.717, 1.165) is 0 Å². The standard InChI is InChI=1S/C17H15FN2O/c1-12(14-8-5-9-15(18)10-14)20-17(21)16(11-19)13-6-3-2-4-7-13/h2-10,12,16H,1H3,(H,20,21). The molecule has 2 aromatic rings. The summed E-state index contributed by atoms with van der Waals surface area (Å²) in [5.41, 5.74) is 1.30. The molecular weight excluding hydrogens is 267 g/mol. The number of carbonyl (C=O) groups excluding carboxylic acids is 1. The van der Waals surface area contributed by atoms with Crippen molar-refractivity contribution < 1.29 is 9.18 Å². The quantitative estimate of drug-likeness (QED) is 0.935. The molecule has 0 aromatic heterocycles. The van der Waals surface area contributed by atoms with Gasteiger partial charge in [-0.2, -0.15) is 5.26 Å². The van der Waals surface area contributed by atoms with Crippen molar-refractivity contribution in [3.05, 3.63) is 71.5 Å². The third-order valence-electron chi connectivity index (χ3n) is 3.23. The fourth-order valence-electron chi connectivity index (χ4n) is 2.09. The van der Waals surface area contributed by atoms with Gasteiger partial charge in [0, 0.05) is 0 Å². The van der Waals surface area contributed by atoms with E-state index in [4.69, 9.17) is 0 Å². The van der Waals surface area contributed by atoms with E-state index >= 15 is 0 Å². The Hall–Kier alpha value is -2.67. The van der Waals surface area contributed by atoms with Crippen LogP contribution < -0.4 is 5.32 Å². The predicted octanol–water partition coefficient (Wildman–Crippen LogP) is 3.31. The SMILES string of the molecule is CC(NC(=O)C(C#N)c1ccccc1)c1cccc(F)c1. The minimum Gasteiger partial charge on any atom is -0.348 e. The van der Waals surface area contributed by atoms with E-state index in [0.29, 0.717) is 11.1 Å². The smallest absolute Gasteiger partial charge is 0.242 e. The van der Waals surface area contributed by atoms with Gasteiger partial charge < -0.3 is 5.32 Å². The van der Waals surface area contributed by atoms with Crippen LogP contribution in [0.3, 0.4) is 0 Å². The van der Waals surface area contributed by atoms with E-state index in [1.54, 1.807) is 43.3 Å². The highest BCUT2D eigenvalue weighted by Gasteiger charge is 2.21. The molecule has 0 aliphatic carbocycles. The van der Waals surface area contributed by atoms with E-state index in [1.807, 2.05) is 12.1 Å². The average molecular weight is 282 g/mol. The van der Waals surface area contributed by atoms with Crippen LogP contribution in [0.15, 0.2) is 54.6 Å². The Morgan fingerprint density at radius 3 is 2.43 bits per heavy atom. The molecule has 3 nitrogen and oxygen atoms in total. The summed E-state index contributed by atoms with van der Waals surface area (Å²) in [7, 11) is 0. The topological polar surface area (TPSA) is 52.9 Å². The van der Waals surface area contributed by atoms with Gasteiger partial charge >= 0.3 is 0 Å². The van der Waals surface area contributed by atoms with Crippen molar-refractivity contribution in [3.8, 4) is 6.07 Å². The van der Waals surface area contributed by atoms with Crippen LogP contribution in [0.5, 0.6) is 0 Å². The average Bonchev–Trinajstić information content (AvgIpc) is 2.49. The highest BCUT2D eigenvalue weighted by Crippen LogP contribution is 2.18. The third kappa shape index (κ3) is 3.67. The maximum atomic E-state index is 13.2. The Morgan fingerprint density at radius 2 is 1.81 bits per heavy atom. The van der Waals surface area contributed by atoms with Crippen molar-refractivity contribution in [1.82, 2.24) is 5.32 Å². The summed E-state index contributed by atoms with van der Waals surface area (Å²) in [6, 6.07) is 16.5. The van der Waals surface area contributed by atoms with Crippen molar-refractivity contribution in [2.45, 2.75) is 18.9 Å². The van der Waals surface area contributed by atoms with Gasteiger partial charge in [-0.15, -0.1) is 0 Å². The Bertz CT molecular complexity index is 664. The number of nitriles is 1. The monoisotopic (exact) mass is 282 g/mol. The van der Waals surface area contributed by atoms with Crippen LogP contribution in [0.4, 0.5) is 4.39 Å². The number of hydrogen-bond donors (Lipinski definition) is 1. The summed E-state index contributed by atoms with van der Waals surface area (Å²) in [4.78, 5) is 12.2. The molecule has 0 aliphatic rings. The summed E-state index contributed by atoms with van der Waals surface area (Å²) in [5.74, 6) is -1.61. The molecule has 4 heteroatoms. The lowest BCUT2D eigenvalue weighted by molar-refractivity contribution is -0.122. The summed E-state index contributed by atoms with van der Waals surface area (Å²) >= 11 is 0. The molecule has 0 saturated carbocycles. The fourth-order valence-corrected chi connectivity index (χ4v) is 2.09. The summed E-state index contributed by atoms with van der Waals surface area (Å²) < 4.78 is 13.2. The highest BCUT2D eigenvalue weighted by atomic mass is 19.1. The number of carbonyl (C=O) groups is 1. The Morgan fingerprint density at radius 1 is 1.14 bits per heavy atom. The molecule has 1 N–H and O–H groups in total. The predicted molar refractivity (Wildman–Crippen MR) is 77.8 cm³/mol. The first-order chi connectivity index (χ1) is 10.1. The van der Waals surface area contributed by atoms with Crippen LogP contribution in [0, 0.1) is 17.1 Å². The van der Waals surface area contributed by atoms with Crippen LogP contribution in [-0.2, 0) is 4.79 Å². The zero-order valence-corrected chi connectivity index (χ0v) is 11.6. The molecule has 21 heavy (non-hydrogen) atoms. The van der Waals surface area contributed by atoms with E-state index in [-0.39, 0.29) is 17.8 Å². The number of amides is 1. The molecule has 2 aromatic carbocycles. The molecule has 0 aliphatic heterocycles. The van der Waals surface area contributed by atoms with Gasteiger partial charge in [-0.05, 0) is 30.2 Å². The zero-order chi connectivity index (χ0) is 15.2. The van der Waals surface area contributed by atoms with Gasteiger partial charge in [0.25, 0.3) is 0 Å². The Labute approximate surface area is 123 Å². The van der Waals surface area contributed by atoms with Gasteiger partial charge in [0.2, 0.25) is 5.91 Å². The van der Waals surface area contributed by atoms with E-state index in [9.17, 15) is 14.4 Å². The van der Waals surface area contributed by atoms with Crippen molar-refractivity contribution in [2.24, 2.45) is 0 Å². The molecule has 0 spiro atoms. The molecular formula is C17H15FN2O. The number of benzene rings is 2. The summed E-state index contributed by atoms with van der Waals surface area (Å²) in [6.45, 7) is 1.76. The molecule has 2 unspecified atom stereocenters. The van der Waals surface area contributed by atoms with E-state index < -0.39 is 5.92 Å². The van der Waals surface area contributed by atoms with E-state index in [1.165, 1.54) is 12.1 Å². The zero-order valence-electron chi connectivity index (χ0n) is 11.6. The lowest BCUT2D eigenvalue weighted by atomic mass is 9.99. The number of rotatable bonds is 4. The van der Waals surface area contributed by atoms with Crippen molar-refractivity contribution >= 4 is 5.91 Å². The molecule has 0 radical (unpaired) electrons. The molecule has 2 atom stereocenters. The lowest BCUT2D eigenvalue weighted by Gasteiger charge is -2.17. The van der Waals surface area contributed by atoms with Crippen molar-refractivity contribution in [2.75, 3.05) is 0 Å². The second-order valence-corrected chi connectivity index (χ2v) is 4.76. The van der Waals surface area contributed by atoms with Gasteiger partial charge in [-0.25, -0.2) is 4.39 Å². The number of nitrogens with zero attached hydrogens (tertiary/aromatic N) is 1. The molecule has 0 bridgehead atoms. The van der Waals surface area contributed by atoms with Crippen LogP contribution in [0.25, 0.3) is 0 Å². The minimum absolute atomic E-state index is 0.353. The van der Waals surface area contributed by atoms with Crippen molar-refractivity contribution in [3.63, 3.8) is 0 Å². The first kappa shape index (κ1) is 14.7. The molecule has 0 saturated heterocycles. The Balaban J connectivity index is 2.12. The molecule has 1 amide bonds. The second-order valence-electron chi connectivity index (χ2n) is 4.76. The first-order valence-electron chi connectivity index (χ1n) is 6.62. The molecule has 2 rings (SSSR count). The number of nitrogens with one attached hydrogen (secondary N) is 1. The van der Waals surface area contributed by atoms with Crippen LogP contribution in [0.1, 0.15) is 30.0 Å². The minimum atomic E-state index is -0.873. The van der Waals surface area contributed by atoms with Gasteiger partial charge in [-0.1, -0.05) is 42.5 Å². The lowest BCUT2D eigenvalue weighted by Crippen LogP contribution is -2.31. The van der Waals surface area contributed by atoms with Crippen LogP contribution >= 0.6 is 0 Å². The van der Waals surface area contributed by atoms with E-state index in [2.05, 4.69) is 5.32 Å². The molecule has 106 valence electrons. The largest absolute Gasteiger partial charge is 0.348 e. The Kier molecular flexibility index (Phi) is 4.68. The fraction of sp³-hybridized carbons (Fsp3) is 0.176. The van der Waals surface area contributed by atoms with Crippen LogP contribution in [0.2, 0.25) is 0 Å². The van der Waals surface area contributed by atoms with Gasteiger partial charge in [0.1, 0.15) is 11.7 Å². The molecule has 0 heterocycles.